The number of nitrogens with zero attached hydrogens (tertiary/aromatic N) is 2. The minimum Gasteiger partial charge on any atom is -0.497 e. The quantitative estimate of drug-likeness (QED) is 0.565. The number of hydrogen-bond acceptors (Lipinski definition) is 7. The van der Waals surface area contributed by atoms with Crippen molar-refractivity contribution in [2.75, 3.05) is 13.9 Å². The van der Waals surface area contributed by atoms with E-state index in [2.05, 4.69) is 11.1 Å². The van der Waals surface area contributed by atoms with Gasteiger partial charge >= 0.3 is 0 Å². The normalized spacial score (nSPS) is 13.2. The van der Waals surface area contributed by atoms with Gasteiger partial charge in [-0.3, -0.25) is 4.79 Å². The highest BCUT2D eigenvalue weighted by Crippen LogP contribution is 2.33. The Morgan fingerprint density at radius 3 is 2.79 bits per heavy atom. The van der Waals surface area contributed by atoms with Crippen LogP contribution in [-0.2, 0) is 4.79 Å². The Kier molecular flexibility index (Phi) is 5.27. The number of aromatic nitrogens is 1. The van der Waals surface area contributed by atoms with Gasteiger partial charge in [0.25, 0.3) is 0 Å². The number of methoxy groups -OCH3 is 1. The van der Waals surface area contributed by atoms with Gasteiger partial charge in [0.2, 0.25) is 6.79 Å². The van der Waals surface area contributed by atoms with E-state index in [-0.39, 0.29) is 12.6 Å². The third-order valence-corrected chi connectivity index (χ3v) is 5.31. The Bertz CT molecular complexity index is 1110. The van der Waals surface area contributed by atoms with Crippen molar-refractivity contribution in [1.29, 1.82) is 5.26 Å². The number of benzene rings is 2. The van der Waals surface area contributed by atoms with E-state index in [1.807, 2.05) is 35.7 Å². The summed E-state index contributed by atoms with van der Waals surface area (Å²) in [6.45, 7) is 0.193. The monoisotopic (exact) mass is 404 g/mol. The van der Waals surface area contributed by atoms with E-state index in [1.165, 1.54) is 17.4 Å². The molecule has 7 heteroatoms. The summed E-state index contributed by atoms with van der Waals surface area (Å²) in [6, 6.07) is 14.9. The molecule has 0 spiro atoms. The van der Waals surface area contributed by atoms with E-state index in [9.17, 15) is 10.1 Å². The molecule has 0 radical (unpaired) electrons. The van der Waals surface area contributed by atoms with Gasteiger partial charge in [0.15, 0.2) is 23.2 Å². The highest BCUT2D eigenvalue weighted by Gasteiger charge is 2.22. The van der Waals surface area contributed by atoms with E-state index in [0.29, 0.717) is 16.5 Å². The number of carbonyl (C=O) groups is 1. The van der Waals surface area contributed by atoms with Crippen LogP contribution in [0, 0.1) is 11.3 Å². The molecule has 0 saturated heterocycles. The van der Waals surface area contributed by atoms with Crippen molar-refractivity contribution < 1.29 is 19.0 Å². The number of hydrogen-bond donors (Lipinski definition) is 0. The smallest absolute Gasteiger partial charge is 0.231 e. The molecule has 29 heavy (non-hydrogen) atoms. The zero-order valence-corrected chi connectivity index (χ0v) is 16.3. The van der Waals surface area contributed by atoms with Gasteiger partial charge < -0.3 is 14.2 Å². The summed E-state index contributed by atoms with van der Waals surface area (Å²) < 4.78 is 15.8. The molecule has 0 aliphatic carbocycles. The first-order valence-electron chi connectivity index (χ1n) is 8.79. The van der Waals surface area contributed by atoms with Crippen LogP contribution in [0.1, 0.15) is 16.5 Å². The second kappa shape index (κ2) is 8.17. The average Bonchev–Trinajstić information content (AvgIpc) is 3.42. The fraction of sp³-hybridized carbons (Fsp3) is 0.136. The van der Waals surface area contributed by atoms with Crippen molar-refractivity contribution in [2.45, 2.75) is 5.92 Å². The van der Waals surface area contributed by atoms with Gasteiger partial charge in [-0.25, -0.2) is 4.98 Å². The highest BCUT2D eigenvalue weighted by atomic mass is 32.1. The summed E-state index contributed by atoms with van der Waals surface area (Å²) in [4.78, 5) is 17.1. The molecule has 1 atom stereocenters. The van der Waals surface area contributed by atoms with Crippen LogP contribution in [0.15, 0.2) is 53.9 Å². The minimum atomic E-state index is -0.947. The molecule has 2 heterocycles. The van der Waals surface area contributed by atoms with Crippen LogP contribution < -0.4 is 14.2 Å². The summed E-state index contributed by atoms with van der Waals surface area (Å²) in [5.74, 6) is 0.804. The Labute approximate surface area is 171 Å². The summed E-state index contributed by atoms with van der Waals surface area (Å²) in [7, 11) is 1.61. The summed E-state index contributed by atoms with van der Waals surface area (Å²) in [5.41, 5.74) is 2.41. The fourth-order valence-electron chi connectivity index (χ4n) is 2.85. The van der Waals surface area contributed by atoms with Crippen LogP contribution in [0.4, 0.5) is 0 Å². The molecule has 0 N–H and O–H groups in total. The van der Waals surface area contributed by atoms with Gasteiger partial charge in [-0.1, -0.05) is 12.1 Å². The van der Waals surface area contributed by atoms with Gasteiger partial charge in [0, 0.05) is 10.9 Å². The first-order chi connectivity index (χ1) is 14.2. The van der Waals surface area contributed by atoms with Crippen molar-refractivity contribution in [3.63, 3.8) is 0 Å². The largest absolute Gasteiger partial charge is 0.497 e. The Morgan fingerprint density at radius 1 is 1.24 bits per heavy atom. The molecule has 4 rings (SSSR count). The lowest BCUT2D eigenvalue weighted by Gasteiger charge is -2.02. The summed E-state index contributed by atoms with van der Waals surface area (Å²) in [6.07, 6.45) is 3.06. The number of fused-ring (bicyclic) bond motifs is 1. The first kappa shape index (κ1) is 18.7. The number of nitriles is 1. The zero-order chi connectivity index (χ0) is 20.2. The van der Waals surface area contributed by atoms with Crippen LogP contribution in [0.3, 0.4) is 0 Å². The van der Waals surface area contributed by atoms with Crippen molar-refractivity contribution in [2.24, 2.45) is 0 Å². The lowest BCUT2D eigenvalue weighted by molar-refractivity contribution is -0.114. The van der Waals surface area contributed by atoms with E-state index < -0.39 is 5.92 Å². The molecule has 1 unspecified atom stereocenters. The third-order valence-electron chi connectivity index (χ3n) is 4.40. The van der Waals surface area contributed by atoms with Crippen molar-refractivity contribution in [1.82, 2.24) is 4.98 Å². The predicted molar refractivity (Wildman–Crippen MR) is 109 cm³/mol. The SMILES string of the molecule is COc1ccc(-c2csc(C(C#N)C(=O)/C=C/c3ccc4c(c3)OCO4)n2)cc1. The minimum absolute atomic E-state index is 0.193. The second-order valence-electron chi connectivity index (χ2n) is 6.21. The van der Waals surface area contributed by atoms with Crippen LogP contribution in [-0.4, -0.2) is 24.7 Å². The lowest BCUT2D eigenvalue weighted by Crippen LogP contribution is -2.07. The van der Waals surface area contributed by atoms with E-state index in [1.54, 1.807) is 25.3 Å². The summed E-state index contributed by atoms with van der Waals surface area (Å²) in [5, 5.41) is 11.8. The van der Waals surface area contributed by atoms with Gasteiger partial charge in [-0.05, 0) is 48.0 Å². The van der Waals surface area contributed by atoms with Crippen LogP contribution >= 0.6 is 11.3 Å². The number of allylic oxidation sites excluding steroid dienone is 1. The van der Waals surface area contributed by atoms with Gasteiger partial charge in [-0.2, -0.15) is 5.26 Å². The van der Waals surface area contributed by atoms with Crippen molar-refractivity contribution in [3.05, 3.63) is 64.5 Å². The molecule has 6 nitrogen and oxygen atoms in total. The fourth-order valence-corrected chi connectivity index (χ4v) is 3.72. The molecule has 1 aliphatic heterocycles. The molecule has 1 aromatic heterocycles. The van der Waals surface area contributed by atoms with Gasteiger partial charge in [-0.15, -0.1) is 11.3 Å². The number of ether oxygens (including phenoxy) is 3. The topological polar surface area (TPSA) is 81.4 Å². The first-order valence-corrected chi connectivity index (χ1v) is 9.67. The number of rotatable bonds is 6. The van der Waals surface area contributed by atoms with E-state index in [4.69, 9.17) is 14.2 Å². The second-order valence-corrected chi connectivity index (χ2v) is 7.10. The molecule has 144 valence electrons. The predicted octanol–water partition coefficient (Wildman–Crippen LogP) is 4.44. The number of carbonyl (C=O) groups excluding carboxylic acids is 1. The van der Waals surface area contributed by atoms with Crippen molar-refractivity contribution >= 4 is 23.2 Å². The molecule has 0 fully saturated rings. The number of ketones is 1. The average molecular weight is 404 g/mol. The van der Waals surface area contributed by atoms with Crippen LogP contribution in [0.25, 0.3) is 17.3 Å². The van der Waals surface area contributed by atoms with Gasteiger partial charge in [0.1, 0.15) is 10.8 Å². The molecular formula is C22H16N2O4S. The summed E-state index contributed by atoms with van der Waals surface area (Å²) >= 11 is 1.30. The molecule has 1 aliphatic rings. The van der Waals surface area contributed by atoms with Crippen LogP contribution in [0.2, 0.25) is 0 Å². The van der Waals surface area contributed by atoms with Crippen molar-refractivity contribution in [3.8, 4) is 34.6 Å². The maximum atomic E-state index is 12.6. The van der Waals surface area contributed by atoms with Gasteiger partial charge in [0.05, 0.1) is 18.9 Å². The molecular weight excluding hydrogens is 388 g/mol. The molecule has 2 aromatic carbocycles. The number of thiazole rings is 1. The molecule has 0 bridgehead atoms. The molecule has 0 amide bonds. The zero-order valence-electron chi connectivity index (χ0n) is 15.5. The Morgan fingerprint density at radius 2 is 2.03 bits per heavy atom. The standard InChI is InChI=1S/C22H16N2O4S/c1-26-16-6-4-15(5-7-16)18-12-29-22(24-18)17(11-23)19(25)8-2-14-3-9-20-21(10-14)28-13-27-20/h2-10,12,17H,13H2,1H3/b8-2+. The van der Waals surface area contributed by atoms with Crippen LogP contribution in [0.5, 0.6) is 17.2 Å². The molecule has 3 aromatic rings. The van der Waals surface area contributed by atoms with E-state index in [0.717, 1.165) is 22.6 Å². The maximum Gasteiger partial charge on any atom is 0.231 e. The third kappa shape index (κ3) is 3.98. The maximum absolute atomic E-state index is 12.6. The Hall–Kier alpha value is -3.63. The lowest BCUT2D eigenvalue weighted by atomic mass is 10.0. The van der Waals surface area contributed by atoms with E-state index >= 15 is 0 Å². The highest BCUT2D eigenvalue weighted by molar-refractivity contribution is 7.10. The Balaban J connectivity index is 1.50. The molecule has 0 saturated carbocycles.